The van der Waals surface area contributed by atoms with Crippen LogP contribution in [0.5, 0.6) is 0 Å². The number of carbonyl (C=O) groups is 4. The third-order valence-electron chi connectivity index (χ3n) is 6.03. The molecular formula is C24H24N2O5. The highest BCUT2D eigenvalue weighted by atomic mass is 16.4. The number of likely N-dealkylation sites (tertiary alicyclic amines) is 1. The molecule has 1 saturated heterocycles. The number of imide groups is 1. The molecule has 0 aliphatic carbocycles. The van der Waals surface area contributed by atoms with Crippen LogP contribution in [0.3, 0.4) is 0 Å². The van der Waals surface area contributed by atoms with Crippen molar-refractivity contribution in [3.8, 4) is 0 Å². The van der Waals surface area contributed by atoms with Gasteiger partial charge in [-0.05, 0) is 37.0 Å². The average Bonchev–Trinajstić information content (AvgIpc) is 3.18. The number of hydrogen-bond acceptors (Lipinski definition) is 4. The standard InChI is InChI=1S/C24H24N2O5/c27-21(28)14-17-13-18(15-26-23(30)19-10-4-5-11-20(19)24(26)31)25(22(17)29)12-6-9-16-7-2-1-3-8-16/h1-5,7-8,10-11,17-18H,6,9,12-15H2,(H,27,28). The maximum atomic E-state index is 12.9. The van der Waals surface area contributed by atoms with Crippen LogP contribution in [0.1, 0.15) is 45.5 Å². The summed E-state index contributed by atoms with van der Waals surface area (Å²) in [7, 11) is 0. The quantitative estimate of drug-likeness (QED) is 0.663. The van der Waals surface area contributed by atoms with Crippen LogP contribution in [-0.2, 0) is 16.0 Å². The number of benzene rings is 2. The van der Waals surface area contributed by atoms with Crippen molar-refractivity contribution in [1.82, 2.24) is 9.80 Å². The predicted molar refractivity (Wildman–Crippen MR) is 112 cm³/mol. The van der Waals surface area contributed by atoms with E-state index in [2.05, 4.69) is 0 Å². The van der Waals surface area contributed by atoms with Crippen LogP contribution in [0, 0.1) is 5.92 Å². The Morgan fingerprint density at radius 3 is 2.16 bits per heavy atom. The van der Waals surface area contributed by atoms with Crippen LogP contribution < -0.4 is 0 Å². The van der Waals surface area contributed by atoms with E-state index in [1.165, 1.54) is 4.90 Å². The molecule has 0 radical (unpaired) electrons. The first-order valence-electron chi connectivity index (χ1n) is 10.5. The number of aliphatic carboxylic acids is 1. The zero-order valence-electron chi connectivity index (χ0n) is 17.1. The minimum Gasteiger partial charge on any atom is -0.481 e. The SMILES string of the molecule is O=C(O)CC1CC(CN2C(=O)c3ccccc3C2=O)N(CCCc2ccccc2)C1=O. The fourth-order valence-corrected chi connectivity index (χ4v) is 4.53. The van der Waals surface area contributed by atoms with Crippen LogP contribution in [-0.4, -0.2) is 57.7 Å². The van der Waals surface area contributed by atoms with E-state index in [0.717, 1.165) is 12.0 Å². The fraction of sp³-hybridized carbons (Fsp3) is 0.333. The molecular weight excluding hydrogens is 396 g/mol. The topological polar surface area (TPSA) is 95.0 Å². The van der Waals surface area contributed by atoms with Gasteiger partial charge in [0.2, 0.25) is 5.91 Å². The van der Waals surface area contributed by atoms with Crippen LogP contribution in [0.25, 0.3) is 0 Å². The third-order valence-corrected chi connectivity index (χ3v) is 6.03. The third kappa shape index (κ3) is 4.21. The fourth-order valence-electron chi connectivity index (χ4n) is 4.53. The van der Waals surface area contributed by atoms with Gasteiger partial charge >= 0.3 is 5.97 Å². The summed E-state index contributed by atoms with van der Waals surface area (Å²) in [6.07, 6.45) is 1.58. The molecule has 0 aromatic heterocycles. The molecule has 2 aromatic carbocycles. The monoisotopic (exact) mass is 420 g/mol. The van der Waals surface area contributed by atoms with Crippen molar-refractivity contribution in [3.63, 3.8) is 0 Å². The molecule has 2 aromatic rings. The van der Waals surface area contributed by atoms with Crippen LogP contribution >= 0.6 is 0 Å². The van der Waals surface area contributed by atoms with Gasteiger partial charge in [0.15, 0.2) is 0 Å². The zero-order valence-corrected chi connectivity index (χ0v) is 17.1. The number of hydrogen-bond donors (Lipinski definition) is 1. The highest BCUT2D eigenvalue weighted by Crippen LogP contribution is 2.31. The van der Waals surface area contributed by atoms with E-state index >= 15 is 0 Å². The molecule has 0 saturated carbocycles. The summed E-state index contributed by atoms with van der Waals surface area (Å²) in [5.41, 5.74) is 1.90. The molecule has 2 atom stereocenters. The summed E-state index contributed by atoms with van der Waals surface area (Å²) in [6.45, 7) is 0.539. The van der Waals surface area contributed by atoms with Gasteiger partial charge in [-0.15, -0.1) is 0 Å². The number of carboxylic acids is 1. The van der Waals surface area contributed by atoms with E-state index in [9.17, 15) is 24.3 Å². The summed E-state index contributed by atoms with van der Waals surface area (Å²) in [4.78, 5) is 52.5. The molecule has 2 heterocycles. The molecule has 2 aliphatic heterocycles. The number of carboxylic acid groups (broad SMARTS) is 1. The molecule has 2 aliphatic rings. The molecule has 1 fully saturated rings. The molecule has 0 bridgehead atoms. The molecule has 160 valence electrons. The van der Waals surface area contributed by atoms with Gasteiger partial charge in [0, 0.05) is 13.1 Å². The second-order valence-electron chi connectivity index (χ2n) is 8.07. The molecule has 3 amide bonds. The minimum atomic E-state index is -1.02. The average molecular weight is 420 g/mol. The zero-order chi connectivity index (χ0) is 22.0. The lowest BCUT2D eigenvalue weighted by atomic mass is 10.0. The van der Waals surface area contributed by atoms with Gasteiger partial charge in [-0.2, -0.15) is 0 Å². The predicted octanol–water partition coefficient (Wildman–Crippen LogP) is 2.61. The molecule has 4 rings (SSSR count). The molecule has 31 heavy (non-hydrogen) atoms. The van der Waals surface area contributed by atoms with E-state index in [0.29, 0.717) is 30.5 Å². The molecule has 1 N–H and O–H groups in total. The summed E-state index contributed by atoms with van der Waals surface area (Å²) in [5.74, 6) is -2.59. The second-order valence-corrected chi connectivity index (χ2v) is 8.07. The summed E-state index contributed by atoms with van der Waals surface area (Å²) in [6, 6.07) is 16.2. The highest BCUT2D eigenvalue weighted by Gasteiger charge is 2.44. The Balaban J connectivity index is 1.48. The second kappa shape index (κ2) is 8.71. The first-order valence-corrected chi connectivity index (χ1v) is 10.5. The Morgan fingerprint density at radius 1 is 0.935 bits per heavy atom. The van der Waals surface area contributed by atoms with E-state index in [4.69, 9.17) is 0 Å². The van der Waals surface area contributed by atoms with Gasteiger partial charge in [-0.1, -0.05) is 42.5 Å². The number of amides is 3. The summed E-state index contributed by atoms with van der Waals surface area (Å²) in [5, 5.41) is 9.19. The number of aryl methyl sites for hydroxylation is 1. The number of fused-ring (bicyclic) bond motifs is 1. The molecule has 0 spiro atoms. The van der Waals surface area contributed by atoms with Crippen LogP contribution in [0.2, 0.25) is 0 Å². The largest absolute Gasteiger partial charge is 0.481 e. The number of carbonyl (C=O) groups excluding carboxylic acids is 3. The van der Waals surface area contributed by atoms with Crippen molar-refractivity contribution < 1.29 is 24.3 Å². The lowest BCUT2D eigenvalue weighted by Gasteiger charge is -2.28. The van der Waals surface area contributed by atoms with Gasteiger partial charge in [-0.25, -0.2) is 0 Å². The maximum absolute atomic E-state index is 12.9. The van der Waals surface area contributed by atoms with E-state index in [1.54, 1.807) is 29.2 Å². The lowest BCUT2D eigenvalue weighted by molar-refractivity contribution is -0.142. The Kier molecular flexibility index (Phi) is 5.84. The van der Waals surface area contributed by atoms with Crippen molar-refractivity contribution in [3.05, 3.63) is 71.3 Å². The van der Waals surface area contributed by atoms with Crippen LogP contribution in [0.15, 0.2) is 54.6 Å². The minimum absolute atomic E-state index is 0.0829. The number of rotatable bonds is 8. The normalized spacial score (nSPS) is 20.5. The molecule has 7 heteroatoms. The highest BCUT2D eigenvalue weighted by molar-refractivity contribution is 6.21. The number of nitrogens with zero attached hydrogens (tertiary/aromatic N) is 2. The summed E-state index contributed by atoms with van der Waals surface area (Å²) >= 11 is 0. The molecule has 7 nitrogen and oxygen atoms in total. The van der Waals surface area contributed by atoms with E-state index in [-0.39, 0.29) is 36.7 Å². The van der Waals surface area contributed by atoms with Gasteiger partial charge in [0.25, 0.3) is 11.8 Å². The Bertz CT molecular complexity index is 985. The van der Waals surface area contributed by atoms with Crippen molar-refractivity contribution in [2.45, 2.75) is 31.7 Å². The first kappa shape index (κ1) is 20.8. The van der Waals surface area contributed by atoms with Gasteiger partial charge in [0.05, 0.1) is 29.5 Å². The lowest BCUT2D eigenvalue weighted by Crippen LogP contribution is -2.44. The van der Waals surface area contributed by atoms with Crippen molar-refractivity contribution >= 4 is 23.7 Å². The Labute approximate surface area is 180 Å². The van der Waals surface area contributed by atoms with Gasteiger partial charge in [0.1, 0.15) is 0 Å². The van der Waals surface area contributed by atoms with Gasteiger partial charge in [-0.3, -0.25) is 24.1 Å². The van der Waals surface area contributed by atoms with E-state index in [1.807, 2.05) is 30.3 Å². The van der Waals surface area contributed by atoms with Crippen LogP contribution in [0.4, 0.5) is 0 Å². The Hall–Kier alpha value is -3.48. The van der Waals surface area contributed by atoms with Crippen molar-refractivity contribution in [2.75, 3.05) is 13.1 Å². The van der Waals surface area contributed by atoms with Gasteiger partial charge < -0.3 is 10.0 Å². The maximum Gasteiger partial charge on any atom is 0.304 e. The summed E-state index contributed by atoms with van der Waals surface area (Å²) < 4.78 is 0. The molecule has 2 unspecified atom stereocenters. The van der Waals surface area contributed by atoms with E-state index < -0.39 is 11.9 Å². The first-order chi connectivity index (χ1) is 15.0. The van der Waals surface area contributed by atoms with Crippen molar-refractivity contribution in [2.24, 2.45) is 5.92 Å². The van der Waals surface area contributed by atoms with Crippen molar-refractivity contribution in [1.29, 1.82) is 0 Å². The smallest absolute Gasteiger partial charge is 0.304 e. The Morgan fingerprint density at radius 2 is 1.55 bits per heavy atom.